The van der Waals surface area contributed by atoms with E-state index in [4.69, 9.17) is 18.0 Å². The molecular weight excluding hydrogens is 210 g/mol. The number of halogens is 1. The minimum absolute atomic E-state index is 0.0609. The molecule has 0 heterocycles. The van der Waals surface area contributed by atoms with E-state index in [0.717, 1.165) is 0 Å². The Kier molecular flexibility index (Phi) is 6.13. The average Bonchev–Trinajstić information content (AvgIpc) is 2.00. The molecule has 0 aromatic heterocycles. The zero-order valence-electron chi connectivity index (χ0n) is 7.59. The summed E-state index contributed by atoms with van der Waals surface area (Å²) in [6.07, 6.45) is 5.90. The average molecular weight is 224 g/mol. The van der Waals surface area contributed by atoms with Crippen molar-refractivity contribution in [3.63, 3.8) is 0 Å². The minimum Gasteiger partial charge on any atom is -0.212 e. The van der Waals surface area contributed by atoms with E-state index in [1.165, 1.54) is 0 Å². The standard InChI is InChI=1S/C8H14ClNO2S/c1-3-5-8(2)10-13(11,12)7-4-6-9/h1,8,10H,4-7H2,2H3. The highest BCUT2D eigenvalue weighted by atomic mass is 35.5. The van der Waals surface area contributed by atoms with Crippen LogP contribution in [-0.2, 0) is 10.0 Å². The van der Waals surface area contributed by atoms with Crippen molar-refractivity contribution in [3.05, 3.63) is 0 Å². The molecule has 0 aromatic carbocycles. The van der Waals surface area contributed by atoms with E-state index in [1.807, 2.05) is 0 Å². The van der Waals surface area contributed by atoms with Gasteiger partial charge in [0.05, 0.1) is 5.75 Å². The van der Waals surface area contributed by atoms with Gasteiger partial charge in [0.2, 0.25) is 10.0 Å². The van der Waals surface area contributed by atoms with Crippen molar-refractivity contribution >= 4 is 21.6 Å². The van der Waals surface area contributed by atoms with Crippen LogP contribution in [0.2, 0.25) is 0 Å². The lowest BCUT2D eigenvalue weighted by atomic mass is 10.3. The highest BCUT2D eigenvalue weighted by molar-refractivity contribution is 7.89. The predicted octanol–water partition coefficient (Wildman–Crippen LogP) is 0.946. The topological polar surface area (TPSA) is 46.2 Å². The van der Waals surface area contributed by atoms with Crippen LogP contribution in [0.5, 0.6) is 0 Å². The number of alkyl halides is 1. The summed E-state index contributed by atoms with van der Waals surface area (Å²) in [5.74, 6) is 2.81. The Morgan fingerprint density at radius 3 is 2.69 bits per heavy atom. The molecule has 0 amide bonds. The molecule has 0 bridgehead atoms. The molecule has 0 aliphatic rings. The van der Waals surface area contributed by atoms with E-state index in [1.54, 1.807) is 6.92 Å². The van der Waals surface area contributed by atoms with Crippen molar-refractivity contribution in [2.24, 2.45) is 0 Å². The fourth-order valence-electron chi connectivity index (χ4n) is 0.828. The molecule has 0 fully saturated rings. The van der Waals surface area contributed by atoms with E-state index in [0.29, 0.717) is 18.7 Å². The maximum Gasteiger partial charge on any atom is 0.211 e. The van der Waals surface area contributed by atoms with Crippen LogP contribution in [0.25, 0.3) is 0 Å². The molecule has 0 aliphatic carbocycles. The largest absolute Gasteiger partial charge is 0.212 e. The van der Waals surface area contributed by atoms with Gasteiger partial charge in [0.15, 0.2) is 0 Å². The summed E-state index contributed by atoms with van der Waals surface area (Å²) in [5, 5.41) is 0. The fraction of sp³-hybridized carbons (Fsp3) is 0.750. The van der Waals surface area contributed by atoms with Gasteiger partial charge in [0, 0.05) is 18.3 Å². The van der Waals surface area contributed by atoms with Gasteiger partial charge < -0.3 is 0 Å². The molecule has 0 spiro atoms. The van der Waals surface area contributed by atoms with Gasteiger partial charge in [-0.3, -0.25) is 0 Å². The van der Waals surface area contributed by atoms with Crippen LogP contribution in [0.3, 0.4) is 0 Å². The van der Waals surface area contributed by atoms with Gasteiger partial charge in [-0.15, -0.1) is 23.9 Å². The molecule has 13 heavy (non-hydrogen) atoms. The lowest BCUT2D eigenvalue weighted by Crippen LogP contribution is -2.34. The summed E-state index contributed by atoms with van der Waals surface area (Å²) in [6, 6.07) is -0.203. The first-order chi connectivity index (χ1) is 6.02. The van der Waals surface area contributed by atoms with Gasteiger partial charge in [-0.1, -0.05) is 0 Å². The second-order valence-corrected chi connectivity index (χ2v) is 5.04. The predicted molar refractivity (Wildman–Crippen MR) is 55.2 cm³/mol. The first-order valence-corrected chi connectivity index (χ1v) is 6.20. The Hall–Kier alpha value is -0.240. The molecule has 76 valence electrons. The first kappa shape index (κ1) is 12.8. The summed E-state index contributed by atoms with van der Waals surface area (Å²) in [5.41, 5.74) is 0. The number of rotatable bonds is 6. The van der Waals surface area contributed by atoms with Gasteiger partial charge in [-0.25, -0.2) is 13.1 Å². The van der Waals surface area contributed by atoms with Gasteiger partial charge >= 0.3 is 0 Å². The van der Waals surface area contributed by atoms with Gasteiger partial charge in [0.25, 0.3) is 0 Å². The summed E-state index contributed by atoms with van der Waals surface area (Å²) in [4.78, 5) is 0. The number of terminal acetylenes is 1. The van der Waals surface area contributed by atoms with Crippen LogP contribution in [-0.4, -0.2) is 26.1 Å². The third-order valence-electron chi connectivity index (χ3n) is 1.35. The molecule has 0 saturated heterocycles. The monoisotopic (exact) mass is 223 g/mol. The second-order valence-electron chi connectivity index (χ2n) is 2.79. The smallest absolute Gasteiger partial charge is 0.211 e. The van der Waals surface area contributed by atoms with Crippen molar-refractivity contribution in [2.45, 2.75) is 25.8 Å². The van der Waals surface area contributed by atoms with Crippen LogP contribution in [0.4, 0.5) is 0 Å². The number of sulfonamides is 1. The Morgan fingerprint density at radius 1 is 1.62 bits per heavy atom. The number of hydrogen-bond acceptors (Lipinski definition) is 2. The summed E-state index contributed by atoms with van der Waals surface area (Å²) in [6.45, 7) is 1.73. The number of nitrogens with one attached hydrogen (secondary N) is 1. The van der Waals surface area contributed by atoms with Crippen molar-refractivity contribution < 1.29 is 8.42 Å². The zero-order chi connectivity index (χ0) is 10.3. The highest BCUT2D eigenvalue weighted by Crippen LogP contribution is 1.96. The van der Waals surface area contributed by atoms with Gasteiger partial charge in [0.1, 0.15) is 0 Å². The molecule has 5 heteroatoms. The molecule has 0 rings (SSSR count). The maximum absolute atomic E-state index is 11.2. The third kappa shape index (κ3) is 6.88. The van der Waals surface area contributed by atoms with Gasteiger partial charge in [-0.2, -0.15) is 0 Å². The summed E-state index contributed by atoms with van der Waals surface area (Å²) in [7, 11) is -3.20. The molecule has 3 nitrogen and oxygen atoms in total. The normalized spacial score (nSPS) is 13.6. The number of hydrogen-bond donors (Lipinski definition) is 1. The molecule has 0 aliphatic heterocycles. The van der Waals surface area contributed by atoms with Crippen LogP contribution >= 0.6 is 11.6 Å². The van der Waals surface area contributed by atoms with E-state index < -0.39 is 10.0 Å². The van der Waals surface area contributed by atoms with Crippen molar-refractivity contribution in [3.8, 4) is 12.3 Å². The molecule has 0 radical (unpaired) electrons. The molecule has 1 unspecified atom stereocenters. The van der Waals surface area contributed by atoms with Crippen LogP contribution in [0.15, 0.2) is 0 Å². The van der Waals surface area contributed by atoms with Crippen LogP contribution < -0.4 is 4.72 Å². The minimum atomic E-state index is -3.20. The Labute approximate surface area is 84.9 Å². The lowest BCUT2D eigenvalue weighted by molar-refractivity contribution is 0.562. The quantitative estimate of drug-likeness (QED) is 0.538. The zero-order valence-corrected chi connectivity index (χ0v) is 9.16. The molecule has 0 saturated carbocycles. The van der Waals surface area contributed by atoms with Crippen molar-refractivity contribution in [2.75, 3.05) is 11.6 Å². The highest BCUT2D eigenvalue weighted by Gasteiger charge is 2.12. The maximum atomic E-state index is 11.2. The van der Waals surface area contributed by atoms with E-state index in [-0.39, 0.29) is 11.8 Å². The Balaban J connectivity index is 3.96. The molecule has 1 atom stereocenters. The molecular formula is C8H14ClNO2S. The van der Waals surface area contributed by atoms with E-state index in [2.05, 4.69) is 10.6 Å². The molecule has 0 aromatic rings. The van der Waals surface area contributed by atoms with Crippen molar-refractivity contribution in [1.29, 1.82) is 0 Å². The van der Waals surface area contributed by atoms with Crippen LogP contribution in [0, 0.1) is 12.3 Å². The molecule has 1 N–H and O–H groups in total. The SMILES string of the molecule is C#CCC(C)NS(=O)(=O)CCCCl. The van der Waals surface area contributed by atoms with Crippen LogP contribution in [0.1, 0.15) is 19.8 Å². The first-order valence-electron chi connectivity index (χ1n) is 4.01. The Bertz CT molecular complexity index is 268. The lowest BCUT2D eigenvalue weighted by Gasteiger charge is -2.10. The summed E-state index contributed by atoms with van der Waals surface area (Å²) < 4.78 is 24.9. The Morgan fingerprint density at radius 2 is 2.23 bits per heavy atom. The van der Waals surface area contributed by atoms with Crippen molar-refractivity contribution in [1.82, 2.24) is 4.72 Å². The third-order valence-corrected chi connectivity index (χ3v) is 3.21. The van der Waals surface area contributed by atoms with E-state index in [9.17, 15) is 8.42 Å². The summed E-state index contributed by atoms with van der Waals surface area (Å²) >= 11 is 5.38. The fourth-order valence-corrected chi connectivity index (χ4v) is 2.46. The van der Waals surface area contributed by atoms with E-state index >= 15 is 0 Å². The second kappa shape index (κ2) is 6.25. The van der Waals surface area contributed by atoms with Gasteiger partial charge in [-0.05, 0) is 13.3 Å².